The fraction of sp³-hybridized carbons (Fsp3) is 0.294. The molecule has 2 heteroatoms. The summed E-state index contributed by atoms with van der Waals surface area (Å²) < 4.78 is 3.36. The molecule has 0 aliphatic rings. The van der Waals surface area contributed by atoms with Gasteiger partial charge in [-0.3, -0.25) is 0 Å². The number of hydrogen-bond acceptors (Lipinski definition) is 2. The highest BCUT2D eigenvalue weighted by Crippen LogP contribution is 2.26. The van der Waals surface area contributed by atoms with E-state index in [4.69, 9.17) is 0 Å². The summed E-state index contributed by atoms with van der Waals surface area (Å²) in [5.74, 6) is 0. The topological polar surface area (TPSA) is 12.0 Å². The summed E-state index contributed by atoms with van der Waals surface area (Å²) in [4.78, 5) is 1.23. The minimum Gasteiger partial charge on any atom is -0.326 e. The Labute approximate surface area is 120 Å². The van der Waals surface area contributed by atoms with E-state index in [-0.39, 0.29) is 5.41 Å². The first-order valence-corrected chi connectivity index (χ1v) is 7.37. The van der Waals surface area contributed by atoms with E-state index < -0.39 is 0 Å². The van der Waals surface area contributed by atoms with E-state index in [1.54, 1.807) is 11.9 Å². The molecule has 0 heterocycles. The Hall–Kier alpha value is -1.41. The number of aryl methyl sites for hydroxylation is 1. The summed E-state index contributed by atoms with van der Waals surface area (Å²) >= 11 is 1.65. The first-order valence-electron chi connectivity index (χ1n) is 6.55. The van der Waals surface area contributed by atoms with E-state index in [1.807, 2.05) is 0 Å². The number of nitrogens with one attached hydrogen (secondary N) is 1. The van der Waals surface area contributed by atoms with Gasteiger partial charge in [-0.2, -0.15) is 0 Å². The van der Waals surface area contributed by atoms with Crippen LogP contribution in [-0.4, -0.2) is 0 Å². The molecule has 19 heavy (non-hydrogen) atoms. The van der Waals surface area contributed by atoms with Gasteiger partial charge in [-0.05, 0) is 54.1 Å². The first kappa shape index (κ1) is 14.0. The summed E-state index contributed by atoms with van der Waals surface area (Å²) in [5.41, 5.74) is 4.00. The lowest BCUT2D eigenvalue weighted by atomic mass is 9.87. The predicted molar refractivity (Wildman–Crippen MR) is 85.8 cm³/mol. The second kappa shape index (κ2) is 5.70. The van der Waals surface area contributed by atoms with Crippen LogP contribution in [0.2, 0.25) is 0 Å². The van der Waals surface area contributed by atoms with Crippen LogP contribution < -0.4 is 4.72 Å². The van der Waals surface area contributed by atoms with Gasteiger partial charge in [0.2, 0.25) is 0 Å². The Bertz CT molecular complexity index is 521. The van der Waals surface area contributed by atoms with Gasteiger partial charge in [-0.1, -0.05) is 50.6 Å². The van der Waals surface area contributed by atoms with Crippen molar-refractivity contribution in [3.05, 3.63) is 59.7 Å². The molecule has 0 spiro atoms. The Morgan fingerprint density at radius 3 is 1.95 bits per heavy atom. The average Bonchev–Trinajstić information content (AvgIpc) is 2.37. The molecule has 0 aromatic heterocycles. The zero-order valence-electron chi connectivity index (χ0n) is 12.0. The average molecular weight is 271 g/mol. The summed E-state index contributed by atoms with van der Waals surface area (Å²) in [5, 5.41) is 0. The third kappa shape index (κ3) is 4.03. The molecule has 0 saturated heterocycles. The highest BCUT2D eigenvalue weighted by Gasteiger charge is 2.12. The molecule has 100 valence electrons. The summed E-state index contributed by atoms with van der Waals surface area (Å²) in [6, 6.07) is 17.2. The largest absolute Gasteiger partial charge is 0.326 e. The molecule has 0 aliphatic carbocycles. The predicted octanol–water partition coefficient (Wildman–Crippen LogP) is 5.41. The Kier molecular flexibility index (Phi) is 4.20. The van der Waals surface area contributed by atoms with Crippen LogP contribution >= 0.6 is 11.9 Å². The standard InChI is InChI=1S/C17H21NS/c1-13-5-9-15(10-6-13)18-19-16-11-7-14(8-12-16)17(2,3)4/h5-12,18H,1-4H3. The van der Waals surface area contributed by atoms with Crippen LogP contribution in [0.4, 0.5) is 5.69 Å². The highest BCUT2D eigenvalue weighted by atomic mass is 32.2. The molecule has 0 bridgehead atoms. The molecule has 2 rings (SSSR count). The van der Waals surface area contributed by atoms with E-state index >= 15 is 0 Å². The van der Waals surface area contributed by atoms with Gasteiger partial charge in [0.05, 0.1) is 0 Å². The van der Waals surface area contributed by atoms with Crippen LogP contribution in [-0.2, 0) is 5.41 Å². The molecule has 0 atom stereocenters. The maximum atomic E-state index is 3.36. The van der Waals surface area contributed by atoms with E-state index in [0.29, 0.717) is 0 Å². The van der Waals surface area contributed by atoms with E-state index in [0.717, 1.165) is 5.69 Å². The van der Waals surface area contributed by atoms with Gasteiger partial charge in [-0.15, -0.1) is 0 Å². The molecular formula is C17H21NS. The number of rotatable bonds is 3. The highest BCUT2D eigenvalue weighted by molar-refractivity contribution is 8.00. The lowest BCUT2D eigenvalue weighted by Gasteiger charge is -2.19. The van der Waals surface area contributed by atoms with Gasteiger partial charge >= 0.3 is 0 Å². The summed E-state index contributed by atoms with van der Waals surface area (Å²) in [6.45, 7) is 8.81. The molecule has 0 saturated carbocycles. The van der Waals surface area contributed by atoms with Crippen molar-refractivity contribution < 1.29 is 0 Å². The minimum atomic E-state index is 0.216. The monoisotopic (exact) mass is 271 g/mol. The van der Waals surface area contributed by atoms with Gasteiger partial charge in [0.15, 0.2) is 0 Å². The normalized spacial score (nSPS) is 11.4. The lowest BCUT2D eigenvalue weighted by Crippen LogP contribution is -2.10. The van der Waals surface area contributed by atoms with Crippen LogP contribution in [0.3, 0.4) is 0 Å². The molecule has 2 aromatic carbocycles. The van der Waals surface area contributed by atoms with Crippen molar-refractivity contribution in [1.82, 2.24) is 0 Å². The first-order chi connectivity index (χ1) is 8.95. The van der Waals surface area contributed by atoms with Crippen LogP contribution in [0.1, 0.15) is 31.9 Å². The second-order valence-electron chi connectivity index (χ2n) is 5.84. The Balaban J connectivity index is 1.98. The number of benzene rings is 2. The van der Waals surface area contributed by atoms with Gasteiger partial charge in [0.1, 0.15) is 0 Å². The van der Waals surface area contributed by atoms with E-state index in [9.17, 15) is 0 Å². The van der Waals surface area contributed by atoms with Gasteiger partial charge in [0.25, 0.3) is 0 Å². The van der Waals surface area contributed by atoms with Crippen LogP contribution in [0.25, 0.3) is 0 Å². The second-order valence-corrected chi connectivity index (χ2v) is 6.72. The van der Waals surface area contributed by atoms with Crippen molar-refractivity contribution in [2.24, 2.45) is 0 Å². The molecule has 0 radical (unpaired) electrons. The van der Waals surface area contributed by atoms with Crippen molar-refractivity contribution >= 4 is 17.6 Å². The number of hydrogen-bond donors (Lipinski definition) is 1. The van der Waals surface area contributed by atoms with Gasteiger partial charge in [-0.25, -0.2) is 0 Å². The molecule has 2 aromatic rings. The fourth-order valence-electron chi connectivity index (χ4n) is 1.76. The molecule has 0 aliphatic heterocycles. The van der Waals surface area contributed by atoms with Crippen molar-refractivity contribution in [1.29, 1.82) is 0 Å². The Morgan fingerprint density at radius 1 is 0.842 bits per heavy atom. The fourth-order valence-corrected chi connectivity index (χ4v) is 2.41. The summed E-state index contributed by atoms with van der Waals surface area (Å²) in [6.07, 6.45) is 0. The molecular weight excluding hydrogens is 250 g/mol. The van der Waals surface area contributed by atoms with E-state index in [2.05, 4.69) is 80.9 Å². The molecule has 0 fully saturated rings. The zero-order chi connectivity index (χ0) is 13.9. The molecule has 0 amide bonds. The third-order valence-electron chi connectivity index (χ3n) is 3.06. The van der Waals surface area contributed by atoms with Gasteiger partial charge < -0.3 is 4.72 Å². The van der Waals surface area contributed by atoms with Crippen molar-refractivity contribution in [2.75, 3.05) is 4.72 Å². The van der Waals surface area contributed by atoms with Crippen molar-refractivity contribution in [3.8, 4) is 0 Å². The molecule has 1 N–H and O–H groups in total. The molecule has 1 nitrogen and oxygen atoms in total. The lowest BCUT2D eigenvalue weighted by molar-refractivity contribution is 0.590. The van der Waals surface area contributed by atoms with Crippen molar-refractivity contribution in [3.63, 3.8) is 0 Å². The zero-order valence-corrected chi connectivity index (χ0v) is 12.8. The SMILES string of the molecule is Cc1ccc(NSc2ccc(C(C)(C)C)cc2)cc1. The van der Waals surface area contributed by atoms with E-state index in [1.165, 1.54) is 16.0 Å². The maximum Gasteiger partial charge on any atom is 0.0443 e. The van der Waals surface area contributed by atoms with Gasteiger partial charge in [0, 0.05) is 10.6 Å². The molecule has 0 unspecified atom stereocenters. The van der Waals surface area contributed by atoms with Crippen LogP contribution in [0.5, 0.6) is 0 Å². The minimum absolute atomic E-state index is 0.216. The number of anilines is 1. The maximum absolute atomic E-state index is 3.36. The quantitative estimate of drug-likeness (QED) is 0.749. The smallest absolute Gasteiger partial charge is 0.0443 e. The summed E-state index contributed by atoms with van der Waals surface area (Å²) in [7, 11) is 0. The third-order valence-corrected chi connectivity index (χ3v) is 3.90. The van der Waals surface area contributed by atoms with Crippen LogP contribution in [0, 0.1) is 6.92 Å². The van der Waals surface area contributed by atoms with Crippen molar-refractivity contribution in [2.45, 2.75) is 38.0 Å². The Morgan fingerprint density at radius 2 is 1.42 bits per heavy atom. The van der Waals surface area contributed by atoms with Crippen LogP contribution in [0.15, 0.2) is 53.4 Å².